The van der Waals surface area contributed by atoms with Crippen LogP contribution in [0.2, 0.25) is 0 Å². The van der Waals surface area contributed by atoms with E-state index in [9.17, 15) is 4.79 Å². The van der Waals surface area contributed by atoms with Crippen molar-refractivity contribution in [1.82, 2.24) is 14.8 Å². The number of hydrogen-bond acceptors (Lipinski definition) is 8. The maximum atomic E-state index is 12.7. The maximum Gasteiger partial charge on any atom is 0.234 e. The van der Waals surface area contributed by atoms with Gasteiger partial charge >= 0.3 is 0 Å². The van der Waals surface area contributed by atoms with Gasteiger partial charge in [0.25, 0.3) is 0 Å². The van der Waals surface area contributed by atoms with Crippen molar-refractivity contribution in [3.8, 4) is 17.2 Å². The summed E-state index contributed by atoms with van der Waals surface area (Å²) in [6.07, 6.45) is 0. The van der Waals surface area contributed by atoms with Gasteiger partial charge in [0, 0.05) is 24.8 Å². The van der Waals surface area contributed by atoms with Gasteiger partial charge in [-0.3, -0.25) is 9.36 Å². The average Bonchev–Trinajstić information content (AvgIpc) is 3.27. The van der Waals surface area contributed by atoms with Crippen LogP contribution in [0.3, 0.4) is 0 Å². The molecule has 10 heteroatoms. The molecule has 0 radical (unpaired) electrons. The van der Waals surface area contributed by atoms with Gasteiger partial charge in [-0.2, -0.15) is 0 Å². The van der Waals surface area contributed by atoms with Crippen LogP contribution in [0, 0.1) is 6.92 Å². The monoisotopic (exact) mass is 467 g/mol. The van der Waals surface area contributed by atoms with E-state index >= 15 is 0 Å². The standard InChI is InChI=1S/C23H25N5O4S/c1-16-3-2-4-18(13-16)28-22(27-7-9-30-10-8-27)25-26-23(28)33-15-21(29)24-17-5-6-19-20(14-17)32-12-11-31-19/h2-6,13-14H,7-12,15H2,1H3,(H,24,29). The highest BCUT2D eigenvalue weighted by Crippen LogP contribution is 2.33. The number of rotatable bonds is 6. The van der Waals surface area contributed by atoms with E-state index in [1.54, 1.807) is 12.1 Å². The van der Waals surface area contributed by atoms with Crippen LogP contribution in [-0.4, -0.2) is 65.9 Å². The van der Waals surface area contributed by atoms with E-state index in [4.69, 9.17) is 14.2 Å². The topological polar surface area (TPSA) is 90.7 Å². The molecule has 9 nitrogen and oxygen atoms in total. The molecule has 1 N–H and O–H groups in total. The molecule has 0 unspecified atom stereocenters. The van der Waals surface area contributed by atoms with E-state index in [0.717, 1.165) is 30.3 Å². The lowest BCUT2D eigenvalue weighted by molar-refractivity contribution is -0.113. The van der Waals surface area contributed by atoms with Crippen molar-refractivity contribution in [3.05, 3.63) is 48.0 Å². The van der Waals surface area contributed by atoms with Gasteiger partial charge < -0.3 is 24.4 Å². The summed E-state index contributed by atoms with van der Waals surface area (Å²) in [5.41, 5.74) is 2.77. The van der Waals surface area contributed by atoms with Gasteiger partial charge in [0.2, 0.25) is 11.9 Å². The van der Waals surface area contributed by atoms with E-state index < -0.39 is 0 Å². The number of amides is 1. The first-order chi connectivity index (χ1) is 16.2. The number of carbonyl (C=O) groups excluding carboxylic acids is 1. The molecule has 1 aromatic heterocycles. The highest BCUT2D eigenvalue weighted by molar-refractivity contribution is 7.99. The summed E-state index contributed by atoms with van der Waals surface area (Å²) in [6, 6.07) is 13.6. The van der Waals surface area contributed by atoms with Crippen molar-refractivity contribution >= 4 is 29.3 Å². The van der Waals surface area contributed by atoms with Gasteiger partial charge in [-0.25, -0.2) is 0 Å². The summed E-state index contributed by atoms with van der Waals surface area (Å²) in [5.74, 6) is 2.15. The maximum absolute atomic E-state index is 12.7. The zero-order chi connectivity index (χ0) is 22.6. The number of thioether (sulfide) groups is 1. The molecule has 1 amide bonds. The fraction of sp³-hybridized carbons (Fsp3) is 0.348. The number of aryl methyl sites for hydroxylation is 1. The summed E-state index contributed by atoms with van der Waals surface area (Å²) in [5, 5.41) is 12.5. The predicted octanol–water partition coefficient (Wildman–Crippen LogP) is 2.91. The normalized spacial score (nSPS) is 15.4. The molecule has 33 heavy (non-hydrogen) atoms. The van der Waals surface area contributed by atoms with Crippen molar-refractivity contribution in [3.63, 3.8) is 0 Å². The number of morpholine rings is 1. The largest absolute Gasteiger partial charge is 0.486 e. The van der Waals surface area contributed by atoms with Gasteiger partial charge in [0.05, 0.1) is 24.7 Å². The molecule has 0 bridgehead atoms. The number of ether oxygens (including phenoxy) is 3. The Morgan fingerprint density at radius 2 is 1.85 bits per heavy atom. The Hall–Kier alpha value is -3.24. The van der Waals surface area contributed by atoms with Crippen LogP contribution in [0.1, 0.15) is 5.56 Å². The Balaban J connectivity index is 1.32. The van der Waals surface area contributed by atoms with Crippen molar-refractivity contribution in [1.29, 1.82) is 0 Å². The summed E-state index contributed by atoms with van der Waals surface area (Å²) in [4.78, 5) is 14.8. The Morgan fingerprint density at radius 3 is 2.67 bits per heavy atom. The fourth-order valence-corrected chi connectivity index (χ4v) is 4.51. The van der Waals surface area contributed by atoms with Crippen molar-refractivity contribution in [2.24, 2.45) is 0 Å². The Labute approximate surface area is 196 Å². The third-order valence-corrected chi connectivity index (χ3v) is 6.26. The smallest absolute Gasteiger partial charge is 0.234 e. The van der Waals surface area contributed by atoms with Crippen LogP contribution in [0.15, 0.2) is 47.6 Å². The lowest BCUT2D eigenvalue weighted by atomic mass is 10.2. The van der Waals surface area contributed by atoms with Crippen LogP contribution in [0.4, 0.5) is 11.6 Å². The minimum Gasteiger partial charge on any atom is -0.486 e. The summed E-state index contributed by atoms with van der Waals surface area (Å²) < 4.78 is 18.6. The van der Waals surface area contributed by atoms with E-state index in [1.165, 1.54) is 11.8 Å². The van der Waals surface area contributed by atoms with Gasteiger partial charge in [0.15, 0.2) is 16.7 Å². The van der Waals surface area contributed by atoms with E-state index in [2.05, 4.69) is 39.5 Å². The molecular formula is C23H25N5O4S. The fourth-order valence-electron chi connectivity index (χ4n) is 3.77. The lowest BCUT2D eigenvalue weighted by Gasteiger charge is -2.28. The molecule has 1 saturated heterocycles. The van der Waals surface area contributed by atoms with Crippen molar-refractivity contribution < 1.29 is 19.0 Å². The van der Waals surface area contributed by atoms with E-state index in [-0.39, 0.29) is 11.7 Å². The second-order valence-corrected chi connectivity index (χ2v) is 8.69. The zero-order valence-corrected chi connectivity index (χ0v) is 19.1. The molecular weight excluding hydrogens is 442 g/mol. The van der Waals surface area contributed by atoms with Gasteiger partial charge in [0.1, 0.15) is 13.2 Å². The molecule has 2 aliphatic heterocycles. The minimum atomic E-state index is -0.136. The molecule has 0 spiro atoms. The van der Waals surface area contributed by atoms with Crippen molar-refractivity contribution in [2.75, 3.05) is 55.5 Å². The number of aromatic nitrogens is 3. The molecule has 1 fully saturated rings. The SMILES string of the molecule is Cc1cccc(-n2c(SCC(=O)Nc3ccc4c(c3)OCCO4)nnc2N2CCOCC2)c1. The third-order valence-electron chi connectivity index (χ3n) is 5.33. The molecule has 2 aliphatic rings. The molecule has 3 heterocycles. The van der Waals surface area contributed by atoms with Crippen molar-refractivity contribution in [2.45, 2.75) is 12.1 Å². The first kappa shape index (κ1) is 21.6. The second-order valence-electron chi connectivity index (χ2n) is 7.75. The number of benzene rings is 2. The highest BCUT2D eigenvalue weighted by atomic mass is 32.2. The lowest BCUT2D eigenvalue weighted by Crippen LogP contribution is -2.37. The molecule has 0 aliphatic carbocycles. The first-order valence-electron chi connectivity index (χ1n) is 10.8. The van der Waals surface area contributed by atoms with Crippen LogP contribution in [-0.2, 0) is 9.53 Å². The van der Waals surface area contributed by atoms with Crippen LogP contribution in [0.5, 0.6) is 11.5 Å². The average molecular weight is 468 g/mol. The van der Waals surface area contributed by atoms with Crippen LogP contribution in [0.25, 0.3) is 5.69 Å². The molecule has 3 aromatic rings. The molecule has 0 atom stereocenters. The summed E-state index contributed by atoms with van der Waals surface area (Å²) in [7, 11) is 0. The van der Waals surface area contributed by atoms with Crippen LogP contribution < -0.4 is 19.7 Å². The molecule has 5 rings (SSSR count). The molecule has 172 valence electrons. The first-order valence-corrected chi connectivity index (χ1v) is 11.8. The van der Waals surface area contributed by atoms with Gasteiger partial charge in [-0.15, -0.1) is 10.2 Å². The highest BCUT2D eigenvalue weighted by Gasteiger charge is 2.22. The Kier molecular flexibility index (Phi) is 6.36. The number of hydrogen-bond donors (Lipinski definition) is 1. The Morgan fingerprint density at radius 1 is 1.03 bits per heavy atom. The summed E-state index contributed by atoms with van der Waals surface area (Å²) >= 11 is 1.35. The van der Waals surface area contributed by atoms with E-state index in [0.29, 0.717) is 48.8 Å². The van der Waals surface area contributed by atoms with Gasteiger partial charge in [-0.1, -0.05) is 23.9 Å². The molecule has 2 aromatic carbocycles. The number of nitrogens with zero attached hydrogens (tertiary/aromatic N) is 4. The second kappa shape index (κ2) is 9.72. The predicted molar refractivity (Wildman–Crippen MR) is 126 cm³/mol. The zero-order valence-electron chi connectivity index (χ0n) is 18.3. The quantitative estimate of drug-likeness (QED) is 0.554. The number of anilines is 2. The van der Waals surface area contributed by atoms with Crippen LogP contribution >= 0.6 is 11.8 Å². The minimum absolute atomic E-state index is 0.136. The number of nitrogens with one attached hydrogen (secondary N) is 1. The van der Waals surface area contributed by atoms with Gasteiger partial charge in [-0.05, 0) is 36.8 Å². The third kappa shape index (κ3) is 4.91. The Bertz CT molecular complexity index is 1150. The number of carbonyl (C=O) groups is 1. The number of fused-ring (bicyclic) bond motifs is 1. The summed E-state index contributed by atoms with van der Waals surface area (Å²) in [6.45, 7) is 5.89. The van der Waals surface area contributed by atoms with E-state index in [1.807, 2.05) is 22.8 Å². The molecule has 0 saturated carbocycles.